The monoisotopic (exact) mass is 866 g/mol. The molecule has 2 atom stereocenters. The average molecular weight is 867 g/mol. The molecule has 0 saturated carbocycles. The molecule has 6 rings (SSSR count). The first-order chi connectivity index (χ1) is 26.2. The summed E-state index contributed by atoms with van der Waals surface area (Å²) < 4.78 is 10.6. The van der Waals surface area contributed by atoms with E-state index in [1.54, 1.807) is 36.4 Å². The molecular weight excluding hydrogens is 819 g/mol. The Labute approximate surface area is 333 Å². The summed E-state index contributed by atoms with van der Waals surface area (Å²) in [5.74, 6) is -0.241. The molecule has 2 unspecified atom stereocenters. The van der Waals surface area contributed by atoms with Gasteiger partial charge in [-0.2, -0.15) is 10.2 Å². The average Bonchev–Trinajstić information content (AvgIpc) is 3.85. The summed E-state index contributed by atoms with van der Waals surface area (Å²) in [6, 6.07) is 13.2. The van der Waals surface area contributed by atoms with E-state index in [2.05, 4.69) is 46.6 Å². The van der Waals surface area contributed by atoms with Crippen molar-refractivity contribution in [2.45, 2.75) is 52.2 Å². The second-order valence-corrected chi connectivity index (χ2v) is 14.0. The number of aliphatic hydroxyl groups excluding tert-OH is 2. The van der Waals surface area contributed by atoms with Gasteiger partial charge in [-0.15, -0.1) is 0 Å². The van der Waals surface area contributed by atoms with Gasteiger partial charge in [0.15, 0.2) is 12.6 Å². The van der Waals surface area contributed by atoms with Crippen LogP contribution in [0.3, 0.4) is 0 Å². The minimum atomic E-state index is -0.780. The molecule has 5 N–H and O–H groups in total. The van der Waals surface area contributed by atoms with E-state index in [0.29, 0.717) is 18.6 Å². The normalized spacial score (nSPS) is 16.6. The number of aliphatic hydroxyl groups is 2. The fraction of sp³-hybridized carbons (Fsp3) is 0.300. The van der Waals surface area contributed by atoms with E-state index in [4.69, 9.17) is 14.9 Å². The van der Waals surface area contributed by atoms with Gasteiger partial charge in [0.1, 0.15) is 42.1 Å². The smallest absolute Gasteiger partial charge is 0.157 e. The number of aromatic nitrogens is 4. The summed E-state index contributed by atoms with van der Waals surface area (Å²) in [4.78, 5) is 24.9. The number of aromatic hydroxyl groups is 3. The summed E-state index contributed by atoms with van der Waals surface area (Å²) in [5, 5.41) is 56.4. The Morgan fingerprint density at radius 1 is 0.709 bits per heavy atom. The van der Waals surface area contributed by atoms with E-state index in [1.807, 2.05) is 72.0 Å². The highest BCUT2D eigenvalue weighted by molar-refractivity contribution is 14.1. The topological polar surface area (TPSA) is 187 Å². The van der Waals surface area contributed by atoms with Crippen molar-refractivity contribution in [2.75, 3.05) is 25.1 Å². The molecule has 0 bridgehead atoms. The highest BCUT2D eigenvalue weighted by Crippen LogP contribution is 2.33. The largest absolute Gasteiger partial charge is 0.507 e. The summed E-state index contributed by atoms with van der Waals surface area (Å²) in [6.07, 6.45) is 10.7. The maximum absolute atomic E-state index is 11.2. The van der Waals surface area contributed by atoms with Crippen molar-refractivity contribution in [3.63, 3.8) is 0 Å². The molecule has 4 aromatic rings. The molecule has 2 aromatic carbocycles. The van der Waals surface area contributed by atoms with Crippen molar-refractivity contribution >= 4 is 46.3 Å². The maximum Gasteiger partial charge on any atom is 0.157 e. The zero-order chi connectivity index (χ0) is 40.4. The van der Waals surface area contributed by atoms with Crippen LogP contribution in [0.5, 0.6) is 23.0 Å². The number of aldehydes is 2. The molecule has 2 aliphatic heterocycles. The number of hydrogen-bond acceptors (Lipinski definition) is 12. The molecule has 0 spiro atoms. The van der Waals surface area contributed by atoms with Gasteiger partial charge in [0.05, 0.1) is 22.5 Å². The number of phenolic OH excluding ortho intramolecular Hbond substituents is 3. The van der Waals surface area contributed by atoms with Gasteiger partial charge in [-0.1, -0.05) is 34.7 Å². The zero-order valence-corrected chi connectivity index (χ0v) is 33.6. The number of nitrogens with zero attached hydrogens (tertiary/aromatic N) is 6. The van der Waals surface area contributed by atoms with Crippen molar-refractivity contribution in [3.8, 4) is 23.0 Å². The molecule has 292 valence electrons. The van der Waals surface area contributed by atoms with E-state index in [1.165, 1.54) is 24.3 Å². The third-order valence-corrected chi connectivity index (χ3v) is 9.45. The minimum Gasteiger partial charge on any atom is -0.507 e. The standard InChI is InChI=1S/C20H23N3O4.C13H18IN3O.C7H6O3/c1-13(2)23-17(7-8-21-23)15-10-22(3)20(26)9-14(15)12-27-19-6-4-5-18(25)16(19)11-24;1-9(2)17-12(4-5-15-17)11-8-16(3)13(18)6-10(11)7-14;8-4-5-6(9)2-1-3-7(5)10/h4-11,13,20,25-26H,12H2,1-3H3;4-6,8-9,13,18H,7H2,1-3H3;1-4,9-10H. The number of phenols is 3. The van der Waals surface area contributed by atoms with Crippen LogP contribution in [-0.4, -0.2) is 105 Å². The minimum absolute atomic E-state index is 0.0671. The Balaban J connectivity index is 0.000000205. The first-order valence-electron chi connectivity index (χ1n) is 17.4. The van der Waals surface area contributed by atoms with Crippen LogP contribution in [0.15, 0.2) is 96.6 Å². The molecule has 14 nitrogen and oxygen atoms in total. The number of allylic oxidation sites excluding steroid dienone is 2. The van der Waals surface area contributed by atoms with Gasteiger partial charge >= 0.3 is 0 Å². The Morgan fingerprint density at radius 2 is 1.15 bits per heavy atom. The number of carbonyl (C=O) groups is 2. The molecule has 0 radical (unpaired) electrons. The van der Waals surface area contributed by atoms with Crippen LogP contribution in [0.1, 0.15) is 71.9 Å². The van der Waals surface area contributed by atoms with Gasteiger partial charge < -0.3 is 40.1 Å². The van der Waals surface area contributed by atoms with Crippen molar-refractivity contribution in [1.29, 1.82) is 0 Å². The molecule has 0 fully saturated rings. The van der Waals surface area contributed by atoms with E-state index in [-0.39, 0.29) is 46.8 Å². The number of ether oxygens (including phenoxy) is 1. The Hall–Kier alpha value is -5.39. The van der Waals surface area contributed by atoms with Crippen LogP contribution in [0.2, 0.25) is 0 Å². The second-order valence-electron chi connectivity index (χ2n) is 13.2. The fourth-order valence-corrected chi connectivity index (χ4v) is 6.34. The lowest BCUT2D eigenvalue weighted by Crippen LogP contribution is -2.30. The predicted molar refractivity (Wildman–Crippen MR) is 218 cm³/mol. The second kappa shape index (κ2) is 19.3. The van der Waals surface area contributed by atoms with Crippen molar-refractivity contribution in [2.24, 2.45) is 0 Å². The van der Waals surface area contributed by atoms with E-state index in [0.717, 1.165) is 38.1 Å². The molecular formula is C40H47IN6O8. The van der Waals surface area contributed by atoms with Gasteiger partial charge in [0.25, 0.3) is 0 Å². The third-order valence-electron chi connectivity index (χ3n) is 8.63. The van der Waals surface area contributed by atoms with Gasteiger partial charge in [-0.25, -0.2) is 0 Å². The number of benzene rings is 2. The zero-order valence-electron chi connectivity index (χ0n) is 31.5. The van der Waals surface area contributed by atoms with Crippen LogP contribution in [-0.2, 0) is 0 Å². The number of likely N-dealkylation sites (N-methyl/N-ethyl adjacent to an activating group) is 2. The lowest BCUT2D eigenvalue weighted by molar-refractivity contribution is 0.0961. The van der Waals surface area contributed by atoms with Crippen LogP contribution < -0.4 is 4.74 Å². The van der Waals surface area contributed by atoms with Gasteiger partial charge in [-0.3, -0.25) is 19.0 Å². The molecule has 2 aliphatic rings. The fourth-order valence-electron chi connectivity index (χ4n) is 5.68. The highest BCUT2D eigenvalue weighted by atomic mass is 127. The number of alkyl halides is 1. The van der Waals surface area contributed by atoms with Crippen molar-refractivity contribution in [3.05, 3.63) is 119 Å². The van der Waals surface area contributed by atoms with Crippen LogP contribution in [0.4, 0.5) is 0 Å². The van der Waals surface area contributed by atoms with E-state index in [9.17, 15) is 24.9 Å². The Bertz CT molecular complexity index is 2060. The van der Waals surface area contributed by atoms with Gasteiger partial charge in [-0.05, 0) is 81.8 Å². The van der Waals surface area contributed by atoms with Gasteiger partial charge in [0, 0.05) is 72.1 Å². The molecule has 0 aliphatic carbocycles. The van der Waals surface area contributed by atoms with Crippen molar-refractivity contribution < 1.29 is 39.9 Å². The van der Waals surface area contributed by atoms with E-state index >= 15 is 0 Å². The Morgan fingerprint density at radius 3 is 1.58 bits per heavy atom. The van der Waals surface area contributed by atoms with Gasteiger partial charge in [0.2, 0.25) is 0 Å². The molecule has 0 amide bonds. The lowest BCUT2D eigenvalue weighted by atomic mass is 10.00. The SMILES string of the molecule is CC(C)n1nccc1C1=CN(C)C(O)C=C1CI.CC(C)n1nccc1C1=CN(C)C(O)C=C1COc1cccc(O)c1C=O.O=Cc1c(O)cccc1O. The molecule has 15 heteroatoms. The predicted octanol–water partition coefficient (Wildman–Crippen LogP) is 5.93. The van der Waals surface area contributed by atoms with Crippen LogP contribution in [0, 0.1) is 0 Å². The first-order valence-corrected chi connectivity index (χ1v) is 18.9. The number of rotatable bonds is 10. The Kier molecular flexibility index (Phi) is 14.8. The molecule has 55 heavy (non-hydrogen) atoms. The number of carbonyl (C=O) groups excluding carboxylic acids is 2. The maximum atomic E-state index is 11.2. The van der Waals surface area contributed by atoms with Crippen LogP contribution >= 0.6 is 22.6 Å². The number of halogens is 1. The summed E-state index contributed by atoms with van der Waals surface area (Å²) in [7, 11) is 3.66. The first kappa shape index (κ1) is 42.4. The molecule has 2 aromatic heterocycles. The summed E-state index contributed by atoms with van der Waals surface area (Å²) in [6.45, 7) is 8.45. The van der Waals surface area contributed by atoms with E-state index < -0.39 is 12.5 Å². The molecule has 0 saturated heterocycles. The summed E-state index contributed by atoms with van der Waals surface area (Å²) >= 11 is 2.32. The summed E-state index contributed by atoms with van der Waals surface area (Å²) in [5.41, 5.74) is 5.99. The van der Waals surface area contributed by atoms with Crippen LogP contribution in [0.25, 0.3) is 11.1 Å². The lowest BCUT2D eigenvalue weighted by Gasteiger charge is -2.28. The highest BCUT2D eigenvalue weighted by Gasteiger charge is 2.24. The third kappa shape index (κ3) is 10.2. The quantitative estimate of drug-likeness (QED) is 0.0720. The number of hydrogen-bond donors (Lipinski definition) is 5. The van der Waals surface area contributed by atoms with Crippen molar-refractivity contribution in [1.82, 2.24) is 29.4 Å². The molecule has 4 heterocycles.